The highest BCUT2D eigenvalue weighted by atomic mass is 16.2. The van der Waals surface area contributed by atoms with Crippen LogP contribution >= 0.6 is 0 Å². The van der Waals surface area contributed by atoms with Gasteiger partial charge in [-0.05, 0) is 11.8 Å². The van der Waals surface area contributed by atoms with Gasteiger partial charge in [-0.1, -0.05) is 13.8 Å². The molecule has 2 fully saturated rings. The van der Waals surface area contributed by atoms with Crippen molar-refractivity contribution in [2.24, 2.45) is 11.3 Å². The highest BCUT2D eigenvalue weighted by Crippen LogP contribution is 2.52. The van der Waals surface area contributed by atoms with Crippen LogP contribution in [0.25, 0.3) is 0 Å². The van der Waals surface area contributed by atoms with E-state index < -0.39 is 0 Å². The molecule has 78 valence electrons. The highest BCUT2D eigenvalue weighted by molar-refractivity contribution is 5.88. The second-order valence-electron chi connectivity index (χ2n) is 4.86. The Hall–Kier alpha value is -1.06. The quantitative estimate of drug-likeness (QED) is 0.641. The van der Waals surface area contributed by atoms with E-state index in [2.05, 4.69) is 19.2 Å². The van der Waals surface area contributed by atoms with Gasteiger partial charge in [0, 0.05) is 19.0 Å². The molecule has 1 N–H and O–H groups in total. The average Bonchev–Trinajstić information content (AvgIpc) is 2.74. The highest BCUT2D eigenvalue weighted by Gasteiger charge is 2.52. The Labute approximate surface area is 83.6 Å². The number of nitrogens with one attached hydrogen (secondary N) is 1. The third kappa shape index (κ3) is 1.61. The van der Waals surface area contributed by atoms with Crippen molar-refractivity contribution in [1.29, 1.82) is 0 Å². The van der Waals surface area contributed by atoms with Crippen molar-refractivity contribution < 1.29 is 9.59 Å². The fourth-order valence-electron chi connectivity index (χ4n) is 1.94. The number of nitrogens with zero attached hydrogens (tertiary/aromatic N) is 1. The molecule has 2 rings (SSSR count). The van der Waals surface area contributed by atoms with E-state index in [1.807, 2.05) is 0 Å². The summed E-state index contributed by atoms with van der Waals surface area (Å²) in [7, 11) is 0. The van der Waals surface area contributed by atoms with Crippen LogP contribution in [0.2, 0.25) is 0 Å². The minimum Gasteiger partial charge on any atom is -0.353 e. The summed E-state index contributed by atoms with van der Waals surface area (Å²) in [5.41, 5.74) is 0.158. The Balaban J connectivity index is 1.95. The normalized spacial score (nSPS) is 29.7. The largest absolute Gasteiger partial charge is 0.353 e. The summed E-state index contributed by atoms with van der Waals surface area (Å²) in [5.74, 6) is 0.265. The molecule has 1 atom stereocenters. The molecule has 14 heavy (non-hydrogen) atoms. The fourth-order valence-corrected chi connectivity index (χ4v) is 1.94. The summed E-state index contributed by atoms with van der Waals surface area (Å²) in [6.45, 7) is 5.69. The standard InChI is InChI=1S/C10H16N2O2/c1-10(2)5-7(10)9(14)12-4-3-11-8(13)6-12/h7H,3-6H2,1-2H3,(H,11,13). The third-order valence-corrected chi connectivity index (χ3v) is 3.16. The second kappa shape index (κ2) is 2.97. The molecule has 4 heteroatoms. The molecule has 0 radical (unpaired) electrons. The monoisotopic (exact) mass is 196 g/mol. The Morgan fingerprint density at radius 2 is 2.21 bits per heavy atom. The van der Waals surface area contributed by atoms with Gasteiger partial charge < -0.3 is 10.2 Å². The lowest BCUT2D eigenvalue weighted by Gasteiger charge is -2.27. The van der Waals surface area contributed by atoms with Gasteiger partial charge in [0.15, 0.2) is 0 Å². The SMILES string of the molecule is CC1(C)CC1C(=O)N1CCNC(=O)C1. The van der Waals surface area contributed by atoms with Crippen molar-refractivity contribution in [1.82, 2.24) is 10.2 Å². The Morgan fingerprint density at radius 1 is 1.57 bits per heavy atom. The van der Waals surface area contributed by atoms with Gasteiger partial charge in [0.1, 0.15) is 0 Å². The molecular formula is C10H16N2O2. The van der Waals surface area contributed by atoms with E-state index in [4.69, 9.17) is 0 Å². The van der Waals surface area contributed by atoms with Crippen molar-refractivity contribution in [2.45, 2.75) is 20.3 Å². The molecular weight excluding hydrogens is 180 g/mol. The van der Waals surface area contributed by atoms with E-state index in [0.717, 1.165) is 6.42 Å². The van der Waals surface area contributed by atoms with Gasteiger partial charge in [0.25, 0.3) is 0 Å². The molecule has 0 aromatic rings. The van der Waals surface area contributed by atoms with E-state index in [1.54, 1.807) is 4.90 Å². The summed E-state index contributed by atoms with van der Waals surface area (Å²) in [6, 6.07) is 0. The number of amides is 2. The maximum absolute atomic E-state index is 11.9. The van der Waals surface area contributed by atoms with Crippen molar-refractivity contribution in [3.63, 3.8) is 0 Å². The fraction of sp³-hybridized carbons (Fsp3) is 0.800. The van der Waals surface area contributed by atoms with Crippen LogP contribution in [0.4, 0.5) is 0 Å². The van der Waals surface area contributed by atoms with E-state index in [1.165, 1.54) is 0 Å². The summed E-state index contributed by atoms with van der Waals surface area (Å²) < 4.78 is 0. The number of rotatable bonds is 1. The van der Waals surface area contributed by atoms with E-state index in [0.29, 0.717) is 13.1 Å². The van der Waals surface area contributed by atoms with Crippen molar-refractivity contribution >= 4 is 11.8 Å². The van der Waals surface area contributed by atoms with Gasteiger partial charge in [0.05, 0.1) is 6.54 Å². The molecule has 0 spiro atoms. The van der Waals surface area contributed by atoms with Crippen molar-refractivity contribution in [2.75, 3.05) is 19.6 Å². The molecule has 0 aromatic carbocycles. The van der Waals surface area contributed by atoms with Gasteiger partial charge in [-0.15, -0.1) is 0 Å². The first kappa shape index (κ1) is 9.49. The number of carbonyl (C=O) groups excluding carboxylic acids is 2. The number of carbonyl (C=O) groups is 2. The first-order valence-electron chi connectivity index (χ1n) is 5.06. The van der Waals surface area contributed by atoms with Gasteiger partial charge in [-0.2, -0.15) is 0 Å². The van der Waals surface area contributed by atoms with Crippen LogP contribution < -0.4 is 5.32 Å². The summed E-state index contributed by atoms with van der Waals surface area (Å²) in [4.78, 5) is 24.6. The van der Waals surface area contributed by atoms with Gasteiger partial charge in [0.2, 0.25) is 11.8 Å². The van der Waals surface area contributed by atoms with Gasteiger partial charge in [-0.3, -0.25) is 9.59 Å². The molecule has 1 unspecified atom stereocenters. The minimum absolute atomic E-state index is 0.0388. The smallest absolute Gasteiger partial charge is 0.239 e. The zero-order valence-electron chi connectivity index (χ0n) is 8.67. The molecule has 4 nitrogen and oxygen atoms in total. The molecule has 1 aliphatic heterocycles. The van der Waals surface area contributed by atoms with Crippen LogP contribution in [0, 0.1) is 11.3 Å². The lowest BCUT2D eigenvalue weighted by molar-refractivity contribution is -0.139. The first-order chi connectivity index (χ1) is 6.50. The zero-order valence-corrected chi connectivity index (χ0v) is 8.67. The minimum atomic E-state index is -0.0388. The predicted octanol–water partition coefficient (Wildman–Crippen LogP) is -0.00910. The van der Waals surface area contributed by atoms with Crippen LogP contribution in [0.15, 0.2) is 0 Å². The lowest BCUT2D eigenvalue weighted by Crippen LogP contribution is -2.50. The predicted molar refractivity (Wildman–Crippen MR) is 51.5 cm³/mol. The van der Waals surface area contributed by atoms with E-state index in [-0.39, 0.29) is 29.7 Å². The van der Waals surface area contributed by atoms with Crippen LogP contribution in [0.1, 0.15) is 20.3 Å². The van der Waals surface area contributed by atoms with E-state index in [9.17, 15) is 9.59 Å². The van der Waals surface area contributed by atoms with Crippen molar-refractivity contribution in [3.8, 4) is 0 Å². The molecule has 0 aromatic heterocycles. The Kier molecular flexibility index (Phi) is 2.01. The number of hydrogen-bond acceptors (Lipinski definition) is 2. The molecule has 2 aliphatic rings. The molecule has 1 saturated heterocycles. The number of piperazine rings is 1. The first-order valence-corrected chi connectivity index (χ1v) is 5.06. The van der Waals surface area contributed by atoms with Crippen molar-refractivity contribution in [3.05, 3.63) is 0 Å². The molecule has 2 amide bonds. The van der Waals surface area contributed by atoms with E-state index >= 15 is 0 Å². The molecule has 0 bridgehead atoms. The molecule has 1 aliphatic carbocycles. The average molecular weight is 196 g/mol. The Morgan fingerprint density at radius 3 is 2.71 bits per heavy atom. The summed E-state index contributed by atoms with van der Waals surface area (Å²) >= 11 is 0. The maximum atomic E-state index is 11.9. The number of hydrogen-bond donors (Lipinski definition) is 1. The summed E-state index contributed by atoms with van der Waals surface area (Å²) in [6.07, 6.45) is 0.962. The van der Waals surface area contributed by atoms with Crippen LogP contribution in [0.3, 0.4) is 0 Å². The van der Waals surface area contributed by atoms with Crippen LogP contribution in [-0.4, -0.2) is 36.3 Å². The maximum Gasteiger partial charge on any atom is 0.239 e. The van der Waals surface area contributed by atoms with Crippen LogP contribution in [0.5, 0.6) is 0 Å². The van der Waals surface area contributed by atoms with Crippen LogP contribution in [-0.2, 0) is 9.59 Å². The topological polar surface area (TPSA) is 49.4 Å². The van der Waals surface area contributed by atoms with Gasteiger partial charge >= 0.3 is 0 Å². The summed E-state index contributed by atoms with van der Waals surface area (Å²) in [5, 5.41) is 2.71. The lowest BCUT2D eigenvalue weighted by atomic mass is 10.1. The Bertz CT molecular complexity index is 286. The second-order valence-corrected chi connectivity index (χ2v) is 4.86. The molecule has 1 saturated carbocycles. The van der Waals surface area contributed by atoms with Gasteiger partial charge in [-0.25, -0.2) is 0 Å². The molecule has 1 heterocycles. The zero-order chi connectivity index (χ0) is 10.3. The third-order valence-electron chi connectivity index (χ3n) is 3.16.